The lowest BCUT2D eigenvalue weighted by molar-refractivity contribution is -0.138. The maximum Gasteiger partial charge on any atom is 0.311 e. The fourth-order valence-corrected chi connectivity index (χ4v) is 1.30. The van der Waals surface area contributed by atoms with Crippen LogP contribution in [-0.2, 0) is 19.1 Å². The quantitative estimate of drug-likeness (QED) is 0.503. The van der Waals surface area contributed by atoms with Crippen LogP contribution in [0.2, 0.25) is 0 Å². The van der Waals surface area contributed by atoms with Gasteiger partial charge in [0.05, 0.1) is 12.8 Å². The predicted molar refractivity (Wildman–Crippen MR) is 37.7 cm³/mol. The Hall–Kier alpha value is -1.32. The highest BCUT2D eigenvalue weighted by Crippen LogP contribution is 2.28. The molecule has 2 rings (SSSR count). The molecule has 0 saturated carbocycles. The molecule has 0 aromatic heterocycles. The van der Waals surface area contributed by atoms with E-state index in [1.807, 2.05) is 0 Å². The standard InChI is InChI=1S/C8H8O4/c9-7-3-1-5(11-7)6-2-4-8(10)12-6/h1-4H2. The van der Waals surface area contributed by atoms with Gasteiger partial charge in [0, 0.05) is 12.8 Å². The van der Waals surface area contributed by atoms with Crippen molar-refractivity contribution in [3.8, 4) is 0 Å². The minimum atomic E-state index is -0.236. The molecule has 0 amide bonds. The maximum absolute atomic E-state index is 10.7. The number of rotatable bonds is 0. The van der Waals surface area contributed by atoms with Crippen LogP contribution >= 0.6 is 0 Å². The lowest BCUT2D eigenvalue weighted by Gasteiger charge is -1.99. The first kappa shape index (κ1) is 7.34. The van der Waals surface area contributed by atoms with E-state index in [1.54, 1.807) is 0 Å². The van der Waals surface area contributed by atoms with Crippen molar-refractivity contribution in [3.63, 3.8) is 0 Å². The zero-order chi connectivity index (χ0) is 8.55. The van der Waals surface area contributed by atoms with Crippen molar-refractivity contribution in [2.45, 2.75) is 25.7 Å². The monoisotopic (exact) mass is 168 g/mol. The molecule has 2 aliphatic rings. The van der Waals surface area contributed by atoms with Gasteiger partial charge in [-0.3, -0.25) is 9.59 Å². The van der Waals surface area contributed by atoms with Gasteiger partial charge in [-0.25, -0.2) is 0 Å². The molecule has 0 aliphatic carbocycles. The van der Waals surface area contributed by atoms with Crippen LogP contribution in [0.5, 0.6) is 0 Å². The summed E-state index contributed by atoms with van der Waals surface area (Å²) in [5, 5.41) is 0. The third-order valence-electron chi connectivity index (χ3n) is 1.90. The Kier molecular flexibility index (Phi) is 1.60. The molecule has 4 nitrogen and oxygen atoms in total. The van der Waals surface area contributed by atoms with Gasteiger partial charge in [-0.2, -0.15) is 0 Å². The van der Waals surface area contributed by atoms with Crippen molar-refractivity contribution in [2.75, 3.05) is 0 Å². The maximum atomic E-state index is 10.7. The fraction of sp³-hybridized carbons (Fsp3) is 0.500. The molecular weight excluding hydrogens is 160 g/mol. The van der Waals surface area contributed by atoms with E-state index in [0.717, 1.165) is 0 Å². The van der Waals surface area contributed by atoms with Gasteiger partial charge < -0.3 is 9.47 Å². The topological polar surface area (TPSA) is 52.6 Å². The predicted octanol–water partition coefficient (Wildman–Crippen LogP) is 0.872. The summed E-state index contributed by atoms with van der Waals surface area (Å²) in [6, 6.07) is 0. The van der Waals surface area contributed by atoms with Crippen LogP contribution < -0.4 is 0 Å². The highest BCUT2D eigenvalue weighted by atomic mass is 16.6. The van der Waals surface area contributed by atoms with E-state index in [4.69, 9.17) is 9.47 Å². The van der Waals surface area contributed by atoms with Crippen LogP contribution in [0.15, 0.2) is 11.5 Å². The Morgan fingerprint density at radius 1 is 0.750 bits per heavy atom. The van der Waals surface area contributed by atoms with E-state index in [0.29, 0.717) is 37.2 Å². The number of carbonyl (C=O) groups is 2. The summed E-state index contributed by atoms with van der Waals surface area (Å²) in [6.45, 7) is 0. The highest BCUT2D eigenvalue weighted by Gasteiger charge is 2.27. The molecule has 4 heteroatoms. The van der Waals surface area contributed by atoms with E-state index >= 15 is 0 Å². The summed E-state index contributed by atoms with van der Waals surface area (Å²) < 4.78 is 9.71. The van der Waals surface area contributed by atoms with Gasteiger partial charge in [0.15, 0.2) is 0 Å². The Bertz CT molecular complexity index is 249. The van der Waals surface area contributed by atoms with Gasteiger partial charge in [-0.05, 0) is 0 Å². The van der Waals surface area contributed by atoms with Gasteiger partial charge in [0.2, 0.25) is 0 Å². The number of carbonyl (C=O) groups excluding carboxylic acids is 2. The second-order valence-corrected chi connectivity index (χ2v) is 2.79. The molecule has 2 heterocycles. The number of hydrogen-bond acceptors (Lipinski definition) is 4. The highest BCUT2D eigenvalue weighted by molar-refractivity contribution is 5.76. The molecule has 0 spiro atoms. The van der Waals surface area contributed by atoms with Crippen molar-refractivity contribution in [3.05, 3.63) is 11.5 Å². The Morgan fingerprint density at radius 2 is 1.17 bits per heavy atom. The lowest BCUT2D eigenvalue weighted by atomic mass is 10.2. The minimum Gasteiger partial charge on any atom is -0.427 e. The summed E-state index contributed by atoms with van der Waals surface area (Å²) in [5.74, 6) is 0.623. The van der Waals surface area contributed by atoms with Gasteiger partial charge >= 0.3 is 11.9 Å². The third-order valence-corrected chi connectivity index (χ3v) is 1.90. The lowest BCUT2D eigenvalue weighted by Crippen LogP contribution is -1.94. The van der Waals surface area contributed by atoms with E-state index in [-0.39, 0.29) is 11.9 Å². The van der Waals surface area contributed by atoms with Gasteiger partial charge in [0.25, 0.3) is 0 Å². The number of cyclic esters (lactones) is 2. The van der Waals surface area contributed by atoms with Crippen molar-refractivity contribution in [1.82, 2.24) is 0 Å². The van der Waals surface area contributed by atoms with Crippen LogP contribution in [0, 0.1) is 0 Å². The number of hydrogen-bond donors (Lipinski definition) is 0. The zero-order valence-electron chi connectivity index (χ0n) is 6.46. The summed E-state index contributed by atoms with van der Waals surface area (Å²) in [6.07, 6.45) is 1.94. The molecule has 2 aliphatic heterocycles. The van der Waals surface area contributed by atoms with Gasteiger partial charge in [-0.1, -0.05) is 0 Å². The van der Waals surface area contributed by atoms with Crippen LogP contribution in [0.25, 0.3) is 0 Å². The Balaban J connectivity index is 2.16. The van der Waals surface area contributed by atoms with Crippen LogP contribution in [0.3, 0.4) is 0 Å². The molecule has 2 saturated heterocycles. The third kappa shape index (κ3) is 1.20. The van der Waals surface area contributed by atoms with Crippen molar-refractivity contribution < 1.29 is 19.1 Å². The molecule has 0 N–H and O–H groups in total. The summed E-state index contributed by atoms with van der Waals surface area (Å²) in [7, 11) is 0. The molecule has 0 radical (unpaired) electrons. The Morgan fingerprint density at radius 3 is 1.42 bits per heavy atom. The van der Waals surface area contributed by atoms with Crippen LogP contribution in [0.1, 0.15) is 25.7 Å². The first-order chi connectivity index (χ1) is 5.75. The summed E-state index contributed by atoms with van der Waals surface area (Å²) in [5.41, 5.74) is 0. The molecule has 0 bridgehead atoms. The van der Waals surface area contributed by atoms with Crippen LogP contribution in [0.4, 0.5) is 0 Å². The molecule has 2 fully saturated rings. The molecule has 12 heavy (non-hydrogen) atoms. The fourth-order valence-electron chi connectivity index (χ4n) is 1.30. The molecule has 64 valence electrons. The SMILES string of the molecule is O=C1CCC(=C2CCC(=O)O2)O1. The normalized spacial score (nSPS) is 29.0. The van der Waals surface area contributed by atoms with Crippen molar-refractivity contribution >= 4 is 11.9 Å². The second-order valence-electron chi connectivity index (χ2n) is 2.79. The van der Waals surface area contributed by atoms with Crippen molar-refractivity contribution in [2.24, 2.45) is 0 Å². The first-order valence-electron chi connectivity index (χ1n) is 3.89. The summed E-state index contributed by atoms with van der Waals surface area (Å²) >= 11 is 0. The number of allylic oxidation sites excluding steroid dienone is 2. The zero-order valence-corrected chi connectivity index (χ0v) is 6.46. The average Bonchev–Trinajstić information content (AvgIpc) is 2.58. The molecule has 0 aromatic carbocycles. The average molecular weight is 168 g/mol. The van der Waals surface area contributed by atoms with Gasteiger partial charge in [0.1, 0.15) is 11.5 Å². The smallest absolute Gasteiger partial charge is 0.311 e. The number of ether oxygens (including phenoxy) is 2. The van der Waals surface area contributed by atoms with Crippen molar-refractivity contribution in [1.29, 1.82) is 0 Å². The molecule has 0 atom stereocenters. The van der Waals surface area contributed by atoms with E-state index in [9.17, 15) is 9.59 Å². The molecular formula is C8H8O4. The van der Waals surface area contributed by atoms with Gasteiger partial charge in [-0.15, -0.1) is 0 Å². The van der Waals surface area contributed by atoms with E-state index in [2.05, 4.69) is 0 Å². The van der Waals surface area contributed by atoms with E-state index in [1.165, 1.54) is 0 Å². The number of esters is 2. The first-order valence-corrected chi connectivity index (χ1v) is 3.89. The minimum absolute atomic E-state index is 0.236. The second kappa shape index (κ2) is 2.62. The molecule has 0 aromatic rings. The Labute approximate surface area is 69.1 Å². The van der Waals surface area contributed by atoms with Crippen LogP contribution in [-0.4, -0.2) is 11.9 Å². The summed E-state index contributed by atoms with van der Waals surface area (Å²) in [4.78, 5) is 21.4. The van der Waals surface area contributed by atoms with E-state index < -0.39 is 0 Å². The molecule has 0 unspecified atom stereocenters. The largest absolute Gasteiger partial charge is 0.427 e.